The van der Waals surface area contributed by atoms with Gasteiger partial charge in [0.1, 0.15) is 35.4 Å². The average molecular weight is 851 g/mol. The number of nitrogens with one attached hydrogen (secondary N) is 1. The molecule has 1 unspecified atom stereocenters. The largest absolute Gasteiger partial charge is 0.457 e. The number of carbonyl (C=O) groups excluding carboxylic acids is 4. The monoisotopic (exact) mass is 850 g/mol. The molecular weight excluding hydrogens is 797 g/mol. The van der Waals surface area contributed by atoms with Gasteiger partial charge in [-0.25, -0.2) is 14.6 Å². The Hall–Kier alpha value is -6.19. The smallest absolute Gasteiger partial charge is 0.262 e. The van der Waals surface area contributed by atoms with E-state index in [4.69, 9.17) is 20.6 Å². The minimum atomic E-state index is -0.956. The minimum absolute atomic E-state index is 0.106. The van der Waals surface area contributed by atoms with Gasteiger partial charge in [0.25, 0.3) is 11.8 Å². The molecule has 0 saturated carbocycles. The van der Waals surface area contributed by atoms with E-state index >= 15 is 0 Å². The van der Waals surface area contributed by atoms with Gasteiger partial charge in [-0.1, -0.05) is 18.2 Å². The van der Waals surface area contributed by atoms with Crippen molar-refractivity contribution in [3.8, 4) is 22.8 Å². The lowest BCUT2D eigenvalue weighted by atomic mass is 9.91. The molecule has 15 heteroatoms. The van der Waals surface area contributed by atoms with Gasteiger partial charge in [-0.05, 0) is 144 Å². The second-order valence-electron chi connectivity index (χ2n) is 17.8. The fourth-order valence-electron chi connectivity index (χ4n) is 10.5. The second-order valence-corrected chi connectivity index (χ2v) is 17.8. The summed E-state index contributed by atoms with van der Waals surface area (Å²) in [5.74, 6) is 0.744. The van der Waals surface area contributed by atoms with E-state index in [0.717, 1.165) is 116 Å². The van der Waals surface area contributed by atoms with Gasteiger partial charge < -0.3 is 20.3 Å². The van der Waals surface area contributed by atoms with Crippen molar-refractivity contribution in [1.29, 1.82) is 0 Å². The zero-order chi connectivity index (χ0) is 43.0. The molecule has 0 spiro atoms. The highest BCUT2D eigenvalue weighted by Crippen LogP contribution is 2.37. The number of hydrogen-bond acceptors (Lipinski definition) is 12. The average Bonchev–Trinajstić information content (AvgIpc) is 3.82. The summed E-state index contributed by atoms with van der Waals surface area (Å²) in [4.78, 5) is 68.4. The lowest BCUT2D eigenvalue weighted by Crippen LogP contribution is -2.54. The number of fused-ring (bicyclic) bond motifs is 2. The zero-order valence-corrected chi connectivity index (χ0v) is 35.5. The molecule has 2 aromatic heterocycles. The Morgan fingerprint density at radius 3 is 2.30 bits per heavy atom. The summed E-state index contributed by atoms with van der Waals surface area (Å²) in [6.07, 6.45) is 10.9. The van der Waals surface area contributed by atoms with E-state index in [-0.39, 0.29) is 24.8 Å². The number of nitrogens with zero attached hydrogens (tertiary/aromatic N) is 8. The van der Waals surface area contributed by atoms with Crippen molar-refractivity contribution in [3.05, 3.63) is 90.3 Å². The number of imide groups is 2. The van der Waals surface area contributed by atoms with Gasteiger partial charge in [0.15, 0.2) is 5.65 Å². The van der Waals surface area contributed by atoms with Gasteiger partial charge in [-0.15, -0.1) is 0 Å². The molecule has 3 aromatic carbocycles. The van der Waals surface area contributed by atoms with E-state index in [9.17, 15) is 19.2 Å². The van der Waals surface area contributed by atoms with E-state index in [1.807, 2.05) is 60.7 Å². The molecule has 0 aliphatic carbocycles. The molecule has 5 aliphatic heterocycles. The van der Waals surface area contributed by atoms with Crippen LogP contribution in [0.3, 0.4) is 0 Å². The van der Waals surface area contributed by atoms with Crippen LogP contribution >= 0.6 is 0 Å². The molecule has 3 N–H and O–H groups in total. The first-order chi connectivity index (χ1) is 30.8. The van der Waals surface area contributed by atoms with Crippen LogP contribution in [0.15, 0.2) is 79.1 Å². The minimum Gasteiger partial charge on any atom is -0.457 e. The van der Waals surface area contributed by atoms with Gasteiger partial charge in [-0.3, -0.25) is 34.3 Å². The molecule has 10 rings (SSSR count). The third-order valence-electron chi connectivity index (χ3n) is 14.0. The normalized spacial score (nSPS) is 21.9. The van der Waals surface area contributed by atoms with Crippen molar-refractivity contribution in [1.82, 2.24) is 39.8 Å². The fourth-order valence-corrected chi connectivity index (χ4v) is 10.5. The molecule has 2 atom stereocenters. The fraction of sp³-hybridized carbons (Fsp3) is 0.438. The molecule has 0 radical (unpaired) electrons. The Morgan fingerprint density at radius 1 is 0.762 bits per heavy atom. The van der Waals surface area contributed by atoms with Crippen LogP contribution in [0.25, 0.3) is 22.3 Å². The maximum absolute atomic E-state index is 13.4. The topological polar surface area (TPSA) is 172 Å². The number of para-hydroxylation sites is 1. The Labute approximate surface area is 366 Å². The molecule has 7 heterocycles. The first kappa shape index (κ1) is 40.9. The molecule has 15 nitrogen and oxygen atoms in total. The van der Waals surface area contributed by atoms with Crippen LogP contribution in [0.4, 0.5) is 11.5 Å². The number of amides is 4. The van der Waals surface area contributed by atoms with Gasteiger partial charge in [0.05, 0.1) is 22.6 Å². The predicted molar refractivity (Wildman–Crippen MR) is 238 cm³/mol. The molecule has 63 heavy (non-hydrogen) atoms. The van der Waals surface area contributed by atoms with Crippen molar-refractivity contribution >= 4 is 46.2 Å². The quantitative estimate of drug-likeness (QED) is 0.147. The van der Waals surface area contributed by atoms with Crippen molar-refractivity contribution < 1.29 is 23.9 Å². The third-order valence-corrected chi connectivity index (χ3v) is 14.0. The summed E-state index contributed by atoms with van der Waals surface area (Å²) >= 11 is 0. The van der Waals surface area contributed by atoms with Gasteiger partial charge >= 0.3 is 0 Å². The molecule has 0 bridgehead atoms. The Balaban J connectivity index is 0.691. The number of carbonyl (C=O) groups is 4. The standard InChI is InChI=1S/C48H54N10O5/c49-44-42-43(32-10-13-37(14-11-32)63-36-8-2-1-3-9-36)53-58(45(42)51-30-50-44)35-7-5-23-56(29-35)33-20-24-54(25-21-33)22-4-6-31-18-26-55(27-19-31)34-12-15-38-39(28-34)48(62)57(47(38)61)40-16-17-41(59)52-46(40)60/h1-3,8-15,28,30-31,33,35,40H,4-7,16-27,29H2,(H2,49,50,51)(H,52,59,60)/t35-,40?/m1/s1. The van der Waals surface area contributed by atoms with Crippen LogP contribution in [0.5, 0.6) is 11.5 Å². The number of benzene rings is 3. The van der Waals surface area contributed by atoms with Gasteiger partial charge in [0.2, 0.25) is 11.8 Å². The number of piperidine rings is 4. The number of nitrogen functional groups attached to an aromatic ring is 1. The summed E-state index contributed by atoms with van der Waals surface area (Å²) < 4.78 is 8.14. The third kappa shape index (κ3) is 8.27. The van der Waals surface area contributed by atoms with Crippen molar-refractivity contribution in [3.63, 3.8) is 0 Å². The molecule has 4 fully saturated rings. The molecular formula is C48H54N10O5. The maximum Gasteiger partial charge on any atom is 0.262 e. The van der Waals surface area contributed by atoms with E-state index in [1.165, 1.54) is 25.7 Å². The Kier molecular flexibility index (Phi) is 11.4. The second kappa shape index (κ2) is 17.5. The molecule has 326 valence electrons. The maximum atomic E-state index is 13.4. The molecule has 4 saturated heterocycles. The van der Waals surface area contributed by atoms with E-state index < -0.39 is 23.8 Å². The number of ether oxygens (including phenoxy) is 1. The summed E-state index contributed by atoms with van der Waals surface area (Å²) in [7, 11) is 0. The van der Waals surface area contributed by atoms with Crippen LogP contribution in [-0.2, 0) is 9.59 Å². The number of nitrogens with two attached hydrogens (primary N) is 1. The SMILES string of the molecule is Nc1ncnc2c1c(-c1ccc(Oc3ccccc3)cc1)nn2[C@@H]1CCCN(C2CCN(CCCC3CCN(c4ccc5c(c4)C(=O)N(C4CCC(=O)NC4=O)C5=O)CC3)CC2)C1. The lowest BCUT2D eigenvalue weighted by molar-refractivity contribution is -0.136. The Bertz CT molecular complexity index is 2510. The first-order valence-corrected chi connectivity index (χ1v) is 22.7. The first-order valence-electron chi connectivity index (χ1n) is 22.7. The van der Waals surface area contributed by atoms with E-state index in [1.54, 1.807) is 18.5 Å². The molecule has 5 aromatic rings. The van der Waals surface area contributed by atoms with Crippen molar-refractivity contribution in [2.45, 2.75) is 82.3 Å². The highest BCUT2D eigenvalue weighted by molar-refractivity contribution is 6.23. The highest BCUT2D eigenvalue weighted by atomic mass is 16.5. The number of hydrogen-bond donors (Lipinski definition) is 2. The summed E-state index contributed by atoms with van der Waals surface area (Å²) in [5, 5.41) is 8.25. The summed E-state index contributed by atoms with van der Waals surface area (Å²) in [6, 6.07) is 22.9. The molecule has 4 amide bonds. The Morgan fingerprint density at radius 2 is 1.52 bits per heavy atom. The molecule has 5 aliphatic rings. The lowest BCUT2D eigenvalue weighted by Gasteiger charge is -2.42. The number of rotatable bonds is 11. The van der Waals surface area contributed by atoms with Crippen LogP contribution in [0.2, 0.25) is 0 Å². The van der Waals surface area contributed by atoms with Crippen LogP contribution in [0.1, 0.15) is 91.0 Å². The number of aromatic nitrogens is 4. The van der Waals surface area contributed by atoms with Gasteiger partial charge in [-0.2, -0.15) is 5.10 Å². The van der Waals surface area contributed by atoms with Gasteiger partial charge in [0, 0.05) is 43.3 Å². The number of likely N-dealkylation sites (tertiary alicyclic amines) is 2. The number of anilines is 2. The summed E-state index contributed by atoms with van der Waals surface area (Å²) in [5.41, 5.74) is 10.6. The zero-order valence-electron chi connectivity index (χ0n) is 35.5. The highest BCUT2D eigenvalue weighted by Gasteiger charge is 2.45. The van der Waals surface area contributed by atoms with Crippen LogP contribution in [0, 0.1) is 5.92 Å². The van der Waals surface area contributed by atoms with Crippen molar-refractivity contribution in [2.24, 2.45) is 5.92 Å². The van der Waals surface area contributed by atoms with E-state index in [0.29, 0.717) is 28.9 Å². The predicted octanol–water partition coefficient (Wildman–Crippen LogP) is 6.07. The summed E-state index contributed by atoms with van der Waals surface area (Å²) in [6.45, 7) is 7.21. The van der Waals surface area contributed by atoms with Crippen LogP contribution in [-0.4, -0.2) is 116 Å². The van der Waals surface area contributed by atoms with E-state index in [2.05, 4.69) is 29.7 Å². The van der Waals surface area contributed by atoms with Crippen molar-refractivity contribution in [2.75, 3.05) is 56.4 Å². The van der Waals surface area contributed by atoms with Crippen LogP contribution < -0.4 is 20.7 Å².